The Bertz CT molecular complexity index is 1330. The number of nitro groups is 2. The number of aromatic hydroxyl groups is 2. The maximum atomic E-state index is 13.3. The van der Waals surface area contributed by atoms with E-state index >= 15 is 0 Å². The number of Topliss-reactive ketones (excluding diaryl/α,β-unsaturated/α-hetero) is 1. The van der Waals surface area contributed by atoms with E-state index in [0.717, 1.165) is 5.56 Å². The first-order valence-electron chi connectivity index (χ1n) is 10.9. The van der Waals surface area contributed by atoms with Gasteiger partial charge in [0.2, 0.25) is 0 Å². The molecule has 1 fully saturated rings. The lowest BCUT2D eigenvalue weighted by Gasteiger charge is -2.30. The van der Waals surface area contributed by atoms with E-state index in [-0.39, 0.29) is 5.78 Å². The number of piperidine rings is 1. The number of phenols is 2. The van der Waals surface area contributed by atoms with E-state index in [1.165, 1.54) is 36.4 Å². The fourth-order valence-corrected chi connectivity index (χ4v) is 4.03. The minimum absolute atomic E-state index is 0.269. The summed E-state index contributed by atoms with van der Waals surface area (Å²) in [5.41, 5.74) is 1.83. The molecular formula is C26H21N3O7. The van der Waals surface area contributed by atoms with Gasteiger partial charge in [-0.05, 0) is 53.1 Å². The molecule has 0 spiro atoms. The molecule has 10 nitrogen and oxygen atoms in total. The second-order valence-electron chi connectivity index (χ2n) is 8.31. The fourth-order valence-electron chi connectivity index (χ4n) is 4.03. The van der Waals surface area contributed by atoms with Gasteiger partial charge in [-0.1, -0.05) is 30.3 Å². The smallest absolute Gasteiger partial charge is 0.310 e. The number of nitrogens with zero attached hydrogens (tertiary/aromatic N) is 3. The molecule has 10 heteroatoms. The third-order valence-electron chi connectivity index (χ3n) is 5.69. The summed E-state index contributed by atoms with van der Waals surface area (Å²) in [5, 5.41) is 42.0. The van der Waals surface area contributed by atoms with Crippen LogP contribution in [-0.2, 0) is 11.3 Å². The molecule has 1 aliphatic heterocycles. The number of ketones is 1. The molecule has 1 heterocycles. The molecule has 0 amide bonds. The quantitative estimate of drug-likeness (QED) is 0.294. The topological polar surface area (TPSA) is 147 Å². The first-order chi connectivity index (χ1) is 17.2. The number of likely N-dealkylation sites (tertiary alicyclic amines) is 1. The summed E-state index contributed by atoms with van der Waals surface area (Å²) in [5.74, 6) is -1.28. The Morgan fingerprint density at radius 1 is 0.778 bits per heavy atom. The van der Waals surface area contributed by atoms with Crippen LogP contribution in [0.3, 0.4) is 0 Å². The predicted molar refractivity (Wildman–Crippen MR) is 132 cm³/mol. The van der Waals surface area contributed by atoms with Gasteiger partial charge in [-0.15, -0.1) is 0 Å². The predicted octanol–water partition coefficient (Wildman–Crippen LogP) is 4.47. The Hall–Kier alpha value is -4.83. The van der Waals surface area contributed by atoms with Crippen molar-refractivity contribution in [2.45, 2.75) is 6.54 Å². The monoisotopic (exact) mass is 487 g/mol. The highest BCUT2D eigenvalue weighted by Gasteiger charge is 2.27. The Labute approximate surface area is 205 Å². The Morgan fingerprint density at radius 2 is 1.25 bits per heavy atom. The number of benzene rings is 3. The molecule has 0 aromatic heterocycles. The van der Waals surface area contributed by atoms with Crippen LogP contribution in [0.15, 0.2) is 77.9 Å². The SMILES string of the molecule is O=C1/C(=C/c2ccc([N+](=O)[O-])c(O)c2)CN(Cc2ccccc2)C/C1=C\c1ccc([N+](=O)[O-])c(O)c1. The number of carbonyl (C=O) groups is 1. The van der Waals surface area contributed by atoms with Crippen molar-refractivity contribution < 1.29 is 24.9 Å². The van der Waals surface area contributed by atoms with Gasteiger partial charge < -0.3 is 10.2 Å². The first kappa shape index (κ1) is 24.3. The molecule has 2 N–H and O–H groups in total. The van der Waals surface area contributed by atoms with Gasteiger partial charge in [0.1, 0.15) is 0 Å². The molecule has 3 aromatic carbocycles. The van der Waals surface area contributed by atoms with Gasteiger partial charge in [0.25, 0.3) is 0 Å². The molecule has 1 aliphatic rings. The molecule has 0 saturated carbocycles. The largest absolute Gasteiger partial charge is 0.502 e. The first-order valence-corrected chi connectivity index (χ1v) is 10.9. The Balaban J connectivity index is 1.71. The van der Waals surface area contributed by atoms with Gasteiger partial charge in [-0.2, -0.15) is 0 Å². The summed E-state index contributed by atoms with van der Waals surface area (Å²) >= 11 is 0. The second kappa shape index (κ2) is 10.2. The van der Waals surface area contributed by atoms with Gasteiger partial charge in [0, 0.05) is 42.9 Å². The molecule has 4 rings (SSSR count). The van der Waals surface area contributed by atoms with Gasteiger partial charge in [0.15, 0.2) is 17.3 Å². The van der Waals surface area contributed by atoms with Crippen molar-refractivity contribution in [3.05, 3.63) is 115 Å². The van der Waals surface area contributed by atoms with Gasteiger partial charge in [-0.3, -0.25) is 29.9 Å². The zero-order valence-electron chi connectivity index (χ0n) is 18.9. The highest BCUT2D eigenvalue weighted by atomic mass is 16.6. The lowest BCUT2D eigenvalue weighted by molar-refractivity contribution is -0.386. The maximum absolute atomic E-state index is 13.3. The van der Waals surface area contributed by atoms with Crippen LogP contribution in [-0.4, -0.2) is 43.8 Å². The van der Waals surface area contributed by atoms with Crippen LogP contribution in [0.4, 0.5) is 11.4 Å². The minimum Gasteiger partial charge on any atom is -0.502 e. The third kappa shape index (κ3) is 5.45. The summed E-state index contributed by atoms with van der Waals surface area (Å²) in [6, 6.07) is 17.4. The standard InChI is InChI=1S/C26H21N3O7/c30-24-12-18(6-8-22(24)28(33)34)10-20-15-27(14-17-4-2-1-3-5-17)16-21(26(20)32)11-19-7-9-23(29(35)36)25(31)13-19/h1-13,30-31H,14-16H2/b20-10+,21-11+. The van der Waals surface area contributed by atoms with Gasteiger partial charge in [0.05, 0.1) is 9.85 Å². The lowest BCUT2D eigenvalue weighted by Crippen LogP contribution is -2.37. The zero-order valence-corrected chi connectivity index (χ0v) is 18.9. The molecule has 0 atom stereocenters. The van der Waals surface area contributed by atoms with Crippen molar-refractivity contribution in [3.63, 3.8) is 0 Å². The Morgan fingerprint density at radius 3 is 1.67 bits per heavy atom. The fraction of sp³-hybridized carbons (Fsp3) is 0.115. The molecular weight excluding hydrogens is 466 g/mol. The lowest BCUT2D eigenvalue weighted by atomic mass is 9.93. The summed E-state index contributed by atoms with van der Waals surface area (Å²) < 4.78 is 0. The van der Waals surface area contributed by atoms with E-state index in [1.54, 1.807) is 12.2 Å². The summed E-state index contributed by atoms with van der Waals surface area (Å²) in [6.07, 6.45) is 3.15. The van der Waals surface area contributed by atoms with Crippen molar-refractivity contribution in [3.8, 4) is 11.5 Å². The van der Waals surface area contributed by atoms with Crippen LogP contribution in [0.25, 0.3) is 12.2 Å². The van der Waals surface area contributed by atoms with Crippen LogP contribution >= 0.6 is 0 Å². The molecule has 0 unspecified atom stereocenters. The number of phenolic OH excluding ortho intramolecular Hbond substituents is 2. The van der Waals surface area contributed by atoms with Gasteiger partial charge in [-0.25, -0.2) is 0 Å². The molecule has 1 saturated heterocycles. The van der Waals surface area contributed by atoms with E-state index in [1.807, 2.05) is 35.2 Å². The van der Waals surface area contributed by atoms with Crippen LogP contribution in [0, 0.1) is 20.2 Å². The summed E-state index contributed by atoms with van der Waals surface area (Å²) in [6.45, 7) is 1.14. The van der Waals surface area contributed by atoms with Crippen molar-refractivity contribution in [2.75, 3.05) is 13.1 Å². The van der Waals surface area contributed by atoms with Crippen LogP contribution in [0.1, 0.15) is 16.7 Å². The number of hydrogen-bond donors (Lipinski definition) is 2. The summed E-state index contributed by atoms with van der Waals surface area (Å²) in [7, 11) is 0. The summed E-state index contributed by atoms with van der Waals surface area (Å²) in [4.78, 5) is 36.0. The van der Waals surface area contributed by atoms with Crippen LogP contribution in [0.2, 0.25) is 0 Å². The second-order valence-corrected chi connectivity index (χ2v) is 8.31. The maximum Gasteiger partial charge on any atom is 0.310 e. The highest BCUT2D eigenvalue weighted by Crippen LogP contribution is 2.31. The zero-order chi connectivity index (χ0) is 25.8. The van der Waals surface area contributed by atoms with E-state index in [2.05, 4.69) is 0 Å². The van der Waals surface area contributed by atoms with Gasteiger partial charge >= 0.3 is 11.4 Å². The van der Waals surface area contributed by atoms with Crippen molar-refractivity contribution in [1.29, 1.82) is 0 Å². The van der Waals surface area contributed by atoms with E-state index in [9.17, 15) is 35.2 Å². The molecule has 0 bridgehead atoms. The molecule has 3 aromatic rings. The van der Waals surface area contributed by atoms with Crippen molar-refractivity contribution in [1.82, 2.24) is 4.90 Å². The van der Waals surface area contributed by atoms with E-state index < -0.39 is 32.7 Å². The third-order valence-corrected chi connectivity index (χ3v) is 5.69. The molecule has 182 valence electrons. The molecule has 0 radical (unpaired) electrons. The van der Waals surface area contributed by atoms with E-state index in [0.29, 0.717) is 41.9 Å². The minimum atomic E-state index is -0.694. The average molecular weight is 487 g/mol. The normalized spacial score (nSPS) is 16.4. The number of rotatable bonds is 6. The van der Waals surface area contributed by atoms with Crippen LogP contribution in [0.5, 0.6) is 11.5 Å². The highest BCUT2D eigenvalue weighted by molar-refractivity contribution is 6.14. The number of carbonyl (C=O) groups excluding carboxylic acids is 1. The van der Waals surface area contributed by atoms with Crippen molar-refractivity contribution in [2.24, 2.45) is 0 Å². The number of hydrogen-bond acceptors (Lipinski definition) is 8. The molecule has 0 aliphatic carbocycles. The Kier molecular flexibility index (Phi) is 6.88. The molecule has 36 heavy (non-hydrogen) atoms. The van der Waals surface area contributed by atoms with E-state index in [4.69, 9.17) is 0 Å². The van der Waals surface area contributed by atoms with Crippen molar-refractivity contribution >= 4 is 29.3 Å². The average Bonchev–Trinajstić information content (AvgIpc) is 2.82. The van der Waals surface area contributed by atoms with Crippen LogP contribution < -0.4 is 0 Å². The number of nitro benzene ring substituents is 2.